The Morgan fingerprint density at radius 1 is 0.964 bits per heavy atom. The first-order valence-electron chi connectivity index (χ1n) is 18.7. The minimum absolute atomic E-state index is 0.0847. The molecule has 1 aromatic carbocycles. The predicted molar refractivity (Wildman–Crippen MR) is 206 cm³/mol. The van der Waals surface area contributed by atoms with Gasteiger partial charge in [0, 0.05) is 64.0 Å². The Morgan fingerprint density at radius 2 is 1.71 bits per heavy atom. The van der Waals surface area contributed by atoms with E-state index in [1.807, 2.05) is 24.4 Å². The van der Waals surface area contributed by atoms with Crippen LogP contribution in [0.3, 0.4) is 0 Å². The molecule has 12 nitrogen and oxygen atoms in total. The van der Waals surface area contributed by atoms with Gasteiger partial charge in [-0.25, -0.2) is 14.0 Å². The van der Waals surface area contributed by atoms with Gasteiger partial charge in [0.15, 0.2) is 18.2 Å². The molecule has 1 saturated heterocycles. The standard InChI is InChI=1S/C41H48FN5O7S/c1-25(2)37(45-40(51)54-41(3,4)5)39(50)52-24-36(49)47-16-14-46(15-17-47)23-28-8-10-31(44-22-28)35-21-32-38(55-35)34(12-13-43-32)53-33-11-9-27(20-30(33)42)19-29(48)18-26-6-7-26/h8-13,20-22,25-26,37H,6-7,14-19,23-24H2,1-5H3,(H,45,51)/t37-/m0/s1. The van der Waals surface area contributed by atoms with Crippen molar-refractivity contribution in [3.05, 3.63) is 71.8 Å². The van der Waals surface area contributed by atoms with Crippen molar-refractivity contribution < 1.29 is 37.8 Å². The highest BCUT2D eigenvalue weighted by molar-refractivity contribution is 7.22. The van der Waals surface area contributed by atoms with Crippen molar-refractivity contribution in [3.8, 4) is 22.1 Å². The first kappa shape index (κ1) is 39.7. The lowest BCUT2D eigenvalue weighted by molar-refractivity contribution is -0.155. The molecule has 1 aliphatic carbocycles. The normalized spacial score (nSPS) is 15.5. The number of hydrogen-bond donors (Lipinski definition) is 1. The third-order valence-corrected chi connectivity index (χ3v) is 10.5. The number of alkyl carbamates (subject to hydrolysis) is 1. The van der Waals surface area contributed by atoms with E-state index in [2.05, 4.69) is 15.2 Å². The molecule has 0 spiro atoms. The van der Waals surface area contributed by atoms with Gasteiger partial charge < -0.3 is 24.4 Å². The molecule has 2 aliphatic rings. The summed E-state index contributed by atoms with van der Waals surface area (Å²) < 4.78 is 32.4. The average Bonchev–Trinajstić information content (AvgIpc) is 3.83. The number of Topliss-reactive ketones (excluding diaryl/α,β-unsaturated/α-hetero) is 1. The van der Waals surface area contributed by atoms with Crippen LogP contribution in [0.4, 0.5) is 9.18 Å². The molecule has 1 aliphatic heterocycles. The number of aromatic nitrogens is 2. The fourth-order valence-corrected chi connectivity index (χ4v) is 7.29. The summed E-state index contributed by atoms with van der Waals surface area (Å²) in [5, 5.41) is 2.55. The molecule has 0 unspecified atom stereocenters. The molecule has 3 aromatic heterocycles. The molecule has 1 N–H and O–H groups in total. The second-order valence-electron chi connectivity index (χ2n) is 15.5. The monoisotopic (exact) mass is 773 g/mol. The summed E-state index contributed by atoms with van der Waals surface area (Å²) in [7, 11) is 0. The van der Waals surface area contributed by atoms with Crippen LogP contribution in [0.25, 0.3) is 20.8 Å². The zero-order valence-electron chi connectivity index (χ0n) is 31.9. The molecule has 55 heavy (non-hydrogen) atoms. The van der Waals surface area contributed by atoms with Crippen LogP contribution in [0.2, 0.25) is 0 Å². The molecule has 14 heteroatoms. The second kappa shape index (κ2) is 17.2. The molecule has 0 bridgehead atoms. The van der Waals surface area contributed by atoms with Crippen LogP contribution in [0.5, 0.6) is 11.5 Å². The van der Waals surface area contributed by atoms with Gasteiger partial charge in [0.2, 0.25) is 0 Å². The van der Waals surface area contributed by atoms with Crippen molar-refractivity contribution in [2.75, 3.05) is 32.8 Å². The van der Waals surface area contributed by atoms with Crippen LogP contribution in [0, 0.1) is 17.7 Å². The van der Waals surface area contributed by atoms with Crippen LogP contribution in [-0.2, 0) is 36.8 Å². The number of ether oxygens (including phenoxy) is 3. The highest BCUT2D eigenvalue weighted by Crippen LogP contribution is 2.39. The Labute approximate surface area is 324 Å². The molecule has 1 atom stereocenters. The number of carbonyl (C=O) groups excluding carboxylic acids is 4. The number of ketones is 1. The third-order valence-electron chi connectivity index (χ3n) is 9.35. The van der Waals surface area contributed by atoms with Crippen LogP contribution >= 0.6 is 11.3 Å². The number of esters is 1. The summed E-state index contributed by atoms with van der Waals surface area (Å²) in [6, 6.07) is 11.4. The topological polar surface area (TPSA) is 140 Å². The quantitative estimate of drug-likeness (QED) is 0.134. The average molecular weight is 774 g/mol. The number of fused-ring (bicyclic) bond motifs is 1. The van der Waals surface area contributed by atoms with E-state index in [-0.39, 0.29) is 29.8 Å². The Balaban J connectivity index is 0.983. The molecular formula is C41H48FN5O7S. The van der Waals surface area contributed by atoms with E-state index in [0.29, 0.717) is 61.9 Å². The van der Waals surface area contributed by atoms with Gasteiger partial charge in [-0.3, -0.25) is 24.5 Å². The highest BCUT2D eigenvalue weighted by atomic mass is 32.1. The number of carbonyl (C=O) groups is 4. The van der Waals surface area contributed by atoms with Crippen molar-refractivity contribution in [2.45, 2.75) is 78.5 Å². The van der Waals surface area contributed by atoms with E-state index >= 15 is 4.39 Å². The molecule has 292 valence electrons. The van der Waals surface area contributed by atoms with Crippen molar-refractivity contribution >= 4 is 45.3 Å². The number of thiophene rings is 1. The van der Waals surface area contributed by atoms with E-state index in [0.717, 1.165) is 33.7 Å². The fourth-order valence-electron chi connectivity index (χ4n) is 6.24. The lowest BCUT2D eigenvalue weighted by Gasteiger charge is -2.34. The van der Waals surface area contributed by atoms with Gasteiger partial charge in [-0.2, -0.15) is 0 Å². The predicted octanol–water partition coefficient (Wildman–Crippen LogP) is 6.94. The lowest BCUT2D eigenvalue weighted by atomic mass is 10.0. The van der Waals surface area contributed by atoms with Crippen molar-refractivity contribution in [1.29, 1.82) is 0 Å². The van der Waals surface area contributed by atoms with Gasteiger partial charge in [0.25, 0.3) is 5.91 Å². The van der Waals surface area contributed by atoms with Gasteiger partial charge in [-0.05, 0) is 80.8 Å². The summed E-state index contributed by atoms with van der Waals surface area (Å²) in [4.78, 5) is 64.1. The zero-order valence-corrected chi connectivity index (χ0v) is 32.7. The Kier molecular flexibility index (Phi) is 12.5. The van der Waals surface area contributed by atoms with Gasteiger partial charge in [0.1, 0.15) is 23.2 Å². The van der Waals surface area contributed by atoms with Gasteiger partial charge in [-0.1, -0.05) is 26.0 Å². The highest BCUT2D eigenvalue weighted by Gasteiger charge is 2.30. The molecule has 4 heterocycles. The lowest BCUT2D eigenvalue weighted by Crippen LogP contribution is -2.50. The van der Waals surface area contributed by atoms with Crippen LogP contribution in [0.1, 0.15) is 65.0 Å². The Hall–Kier alpha value is -4.95. The summed E-state index contributed by atoms with van der Waals surface area (Å²) in [6.45, 7) is 11.2. The smallest absolute Gasteiger partial charge is 0.408 e. The van der Waals surface area contributed by atoms with E-state index in [1.54, 1.807) is 63.9 Å². The Bertz CT molecular complexity index is 2020. The number of rotatable bonds is 14. The number of nitrogens with zero attached hydrogens (tertiary/aromatic N) is 4. The minimum atomic E-state index is -0.942. The zero-order chi connectivity index (χ0) is 39.3. The van der Waals surface area contributed by atoms with Gasteiger partial charge >= 0.3 is 12.1 Å². The van der Waals surface area contributed by atoms with Crippen molar-refractivity contribution in [3.63, 3.8) is 0 Å². The van der Waals surface area contributed by atoms with Gasteiger partial charge in [0.05, 0.1) is 20.8 Å². The maximum Gasteiger partial charge on any atom is 0.408 e. The third kappa shape index (κ3) is 11.1. The summed E-state index contributed by atoms with van der Waals surface area (Å²) in [5.74, 6) is -0.549. The van der Waals surface area contributed by atoms with Crippen molar-refractivity contribution in [1.82, 2.24) is 25.1 Å². The first-order chi connectivity index (χ1) is 26.2. The van der Waals surface area contributed by atoms with E-state index < -0.39 is 36.1 Å². The largest absolute Gasteiger partial charge is 0.454 e. The molecule has 2 amide bonds. The Morgan fingerprint density at radius 3 is 2.36 bits per heavy atom. The van der Waals surface area contributed by atoms with Gasteiger partial charge in [-0.15, -0.1) is 11.3 Å². The number of piperazine rings is 1. The molecular weight excluding hydrogens is 726 g/mol. The summed E-state index contributed by atoms with van der Waals surface area (Å²) in [5.41, 5.74) is 2.43. The van der Waals surface area contributed by atoms with Crippen LogP contribution < -0.4 is 10.1 Å². The fraction of sp³-hybridized carbons (Fsp3) is 0.463. The van der Waals surface area contributed by atoms with E-state index in [9.17, 15) is 19.2 Å². The second-order valence-corrected chi connectivity index (χ2v) is 16.6. The number of amides is 2. The summed E-state index contributed by atoms with van der Waals surface area (Å²) in [6.07, 6.45) is 5.75. The van der Waals surface area contributed by atoms with E-state index in [1.165, 1.54) is 17.4 Å². The molecule has 4 aromatic rings. The number of halogens is 1. The molecule has 0 radical (unpaired) electrons. The number of hydrogen-bond acceptors (Lipinski definition) is 11. The molecule has 1 saturated carbocycles. The maximum atomic E-state index is 15.1. The molecule has 6 rings (SSSR count). The number of nitrogens with one attached hydrogen (secondary N) is 1. The van der Waals surface area contributed by atoms with Crippen LogP contribution in [0.15, 0.2) is 54.9 Å². The van der Waals surface area contributed by atoms with Crippen molar-refractivity contribution in [2.24, 2.45) is 11.8 Å². The molecule has 2 fully saturated rings. The van der Waals surface area contributed by atoms with Crippen LogP contribution in [-0.4, -0.2) is 87.9 Å². The minimum Gasteiger partial charge on any atom is -0.454 e. The maximum absolute atomic E-state index is 15.1. The summed E-state index contributed by atoms with van der Waals surface area (Å²) >= 11 is 1.46. The SMILES string of the molecule is CC(C)[C@H](NC(=O)OC(C)(C)C)C(=O)OCC(=O)N1CCN(Cc2ccc(-c3cc4nccc(Oc5ccc(CC(=O)CC6CC6)cc5F)c4s3)nc2)CC1. The number of pyridine rings is 2. The van der Waals surface area contributed by atoms with E-state index in [4.69, 9.17) is 19.2 Å². The first-order valence-corrected chi connectivity index (χ1v) is 19.5. The number of benzene rings is 1.